The number of aliphatic hydroxyl groups is 3. The highest BCUT2D eigenvalue weighted by Crippen LogP contribution is 2.74. The molecule has 4 rings (SSSR count). The third-order valence-electron chi connectivity index (χ3n) is 12.2. The van der Waals surface area contributed by atoms with Crippen molar-refractivity contribution in [1.82, 2.24) is 0 Å². The number of hydrogen-bond donors (Lipinski definition) is 4. The van der Waals surface area contributed by atoms with Gasteiger partial charge < -0.3 is 25.2 Å². The van der Waals surface area contributed by atoms with Crippen molar-refractivity contribution in [3.05, 3.63) is 12.2 Å². The minimum Gasteiger partial charge on any atom is -0.481 e. The molecule has 1 saturated heterocycles. The van der Waals surface area contributed by atoms with Crippen LogP contribution in [0.3, 0.4) is 0 Å². The van der Waals surface area contributed by atoms with Gasteiger partial charge in [0.2, 0.25) is 0 Å². The minimum absolute atomic E-state index is 0.0441. The Balaban J connectivity index is 1.73. The Hall–Kier alpha value is -0.950. The van der Waals surface area contributed by atoms with Crippen molar-refractivity contribution in [3.8, 4) is 0 Å². The predicted octanol–water partition coefficient (Wildman–Crippen LogP) is 4.94. The molecular formula is C30H50O6. The maximum absolute atomic E-state index is 11.9. The molecule has 11 atom stereocenters. The zero-order chi connectivity index (χ0) is 27.1. The van der Waals surface area contributed by atoms with Crippen LogP contribution in [0.2, 0.25) is 0 Å². The van der Waals surface area contributed by atoms with Crippen molar-refractivity contribution in [2.45, 2.75) is 129 Å². The molecule has 6 nitrogen and oxygen atoms in total. The van der Waals surface area contributed by atoms with Crippen LogP contribution in [0.1, 0.15) is 99.8 Å². The topological polar surface area (TPSA) is 107 Å². The van der Waals surface area contributed by atoms with E-state index in [-0.39, 0.29) is 41.6 Å². The van der Waals surface area contributed by atoms with Gasteiger partial charge in [0.1, 0.15) is 0 Å². The molecular weight excluding hydrogens is 456 g/mol. The average molecular weight is 507 g/mol. The quantitative estimate of drug-likeness (QED) is 0.380. The Bertz CT molecular complexity index is 894. The molecule has 0 unspecified atom stereocenters. The molecule has 0 bridgehead atoms. The van der Waals surface area contributed by atoms with Crippen LogP contribution in [0.25, 0.3) is 0 Å². The van der Waals surface area contributed by atoms with Gasteiger partial charge in [-0.3, -0.25) is 4.79 Å². The van der Waals surface area contributed by atoms with Gasteiger partial charge in [0.25, 0.3) is 0 Å². The number of rotatable bonds is 6. The second-order valence-electron chi connectivity index (χ2n) is 14.3. The van der Waals surface area contributed by atoms with E-state index < -0.39 is 40.2 Å². The zero-order valence-corrected chi connectivity index (χ0v) is 23.5. The fourth-order valence-corrected chi connectivity index (χ4v) is 9.98. The summed E-state index contributed by atoms with van der Waals surface area (Å²) in [6.45, 7) is 18.6. The third kappa shape index (κ3) is 3.84. The lowest BCUT2D eigenvalue weighted by molar-refractivity contribution is -0.247. The van der Waals surface area contributed by atoms with Crippen LogP contribution < -0.4 is 0 Å². The van der Waals surface area contributed by atoms with Crippen molar-refractivity contribution >= 4 is 5.97 Å². The van der Waals surface area contributed by atoms with Gasteiger partial charge in [0.15, 0.2) is 0 Å². The molecule has 0 radical (unpaired) electrons. The molecule has 206 valence electrons. The predicted molar refractivity (Wildman–Crippen MR) is 139 cm³/mol. The fraction of sp³-hybridized carbons (Fsp3) is 0.900. The van der Waals surface area contributed by atoms with E-state index in [0.29, 0.717) is 19.3 Å². The highest BCUT2D eigenvalue weighted by molar-refractivity contribution is 5.66. The summed E-state index contributed by atoms with van der Waals surface area (Å²) in [6.07, 6.45) is 3.85. The SMILES string of the molecule is C=C(C)[C@@H]1C[C@H](O)[C@]2(C)[C@H](CC[C@H]3[C@@H]([C@]4(C)CC[C@@H](C(C)(C)O)O4)C[C@H](O)[C@]32C)[C@@]1(C)CCC(=O)O. The second kappa shape index (κ2) is 8.79. The highest BCUT2D eigenvalue weighted by Gasteiger charge is 2.73. The number of aliphatic hydroxyl groups excluding tert-OH is 2. The number of hydrogen-bond acceptors (Lipinski definition) is 5. The highest BCUT2D eigenvalue weighted by atomic mass is 16.5. The first-order valence-electron chi connectivity index (χ1n) is 14.1. The van der Waals surface area contributed by atoms with Crippen LogP contribution in [-0.2, 0) is 9.53 Å². The Morgan fingerprint density at radius 2 is 1.61 bits per heavy atom. The van der Waals surface area contributed by atoms with E-state index in [9.17, 15) is 25.2 Å². The normalized spacial score (nSPS) is 51.0. The Labute approximate surface area is 217 Å². The van der Waals surface area contributed by atoms with Crippen molar-refractivity contribution in [2.24, 2.45) is 39.9 Å². The average Bonchev–Trinajstić information content (AvgIpc) is 3.30. The van der Waals surface area contributed by atoms with Crippen LogP contribution in [-0.4, -0.2) is 55.9 Å². The van der Waals surface area contributed by atoms with E-state index in [0.717, 1.165) is 31.3 Å². The van der Waals surface area contributed by atoms with Gasteiger partial charge in [0.05, 0.1) is 29.5 Å². The summed E-state index contributed by atoms with van der Waals surface area (Å²) in [5, 5.41) is 43.8. The standard InChI is InChI=1S/C30H50O6/c1-17(2)19-15-23(32)30(8)21(27(19,5)13-12-25(33)34)10-9-18-20(16-22(31)29(18,30)7)28(6)14-11-24(36-28)26(3,4)35/h18-24,31-32,35H,1,9-16H2,2-8H3,(H,33,34)/t18-,19-,20-,21+,22-,23-,24-,27-,28-,29-,30-/m0/s1. The molecule has 3 aliphatic carbocycles. The molecule has 0 aromatic heterocycles. The molecule has 4 N–H and O–H groups in total. The van der Waals surface area contributed by atoms with E-state index >= 15 is 0 Å². The van der Waals surface area contributed by atoms with Crippen molar-refractivity contribution in [1.29, 1.82) is 0 Å². The van der Waals surface area contributed by atoms with Crippen LogP contribution in [0, 0.1) is 39.9 Å². The molecule has 4 aliphatic rings. The van der Waals surface area contributed by atoms with E-state index in [1.807, 2.05) is 6.92 Å². The van der Waals surface area contributed by atoms with Crippen LogP contribution in [0.15, 0.2) is 12.2 Å². The van der Waals surface area contributed by atoms with Crippen LogP contribution >= 0.6 is 0 Å². The lowest BCUT2D eigenvalue weighted by Crippen LogP contribution is -2.67. The van der Waals surface area contributed by atoms with Gasteiger partial charge in [-0.2, -0.15) is 0 Å². The van der Waals surface area contributed by atoms with Crippen molar-refractivity contribution in [2.75, 3.05) is 0 Å². The minimum atomic E-state index is -0.912. The molecule has 0 amide bonds. The summed E-state index contributed by atoms with van der Waals surface area (Å²) in [4.78, 5) is 11.6. The number of carbonyl (C=O) groups is 1. The van der Waals surface area contributed by atoms with Gasteiger partial charge in [-0.05, 0) is 102 Å². The molecule has 0 aromatic rings. The maximum Gasteiger partial charge on any atom is 0.303 e. The van der Waals surface area contributed by atoms with Gasteiger partial charge in [0, 0.05) is 17.3 Å². The molecule has 3 saturated carbocycles. The first-order chi connectivity index (χ1) is 16.4. The summed E-state index contributed by atoms with van der Waals surface area (Å²) in [6, 6.07) is 0. The number of carboxylic acids is 1. The smallest absolute Gasteiger partial charge is 0.303 e. The van der Waals surface area contributed by atoms with E-state index in [1.54, 1.807) is 13.8 Å². The lowest BCUT2D eigenvalue weighted by atomic mass is 9.37. The zero-order valence-electron chi connectivity index (χ0n) is 23.5. The molecule has 0 spiro atoms. The first-order valence-corrected chi connectivity index (χ1v) is 14.1. The van der Waals surface area contributed by atoms with Gasteiger partial charge in [-0.15, -0.1) is 0 Å². The fourth-order valence-electron chi connectivity index (χ4n) is 9.98. The maximum atomic E-state index is 11.9. The van der Waals surface area contributed by atoms with E-state index in [1.165, 1.54) is 0 Å². The summed E-state index contributed by atoms with van der Waals surface area (Å²) >= 11 is 0. The molecule has 36 heavy (non-hydrogen) atoms. The summed E-state index contributed by atoms with van der Waals surface area (Å²) in [5.41, 5.74) is -1.73. The van der Waals surface area contributed by atoms with Gasteiger partial charge in [-0.25, -0.2) is 0 Å². The second-order valence-corrected chi connectivity index (χ2v) is 14.3. The van der Waals surface area contributed by atoms with Gasteiger partial charge in [-0.1, -0.05) is 32.9 Å². The van der Waals surface area contributed by atoms with Crippen molar-refractivity contribution < 1.29 is 30.0 Å². The number of ether oxygens (including phenoxy) is 1. The number of allylic oxidation sites excluding steroid dienone is 1. The summed E-state index contributed by atoms with van der Waals surface area (Å²) < 4.78 is 6.59. The number of fused-ring (bicyclic) bond motifs is 3. The molecule has 6 heteroatoms. The van der Waals surface area contributed by atoms with Crippen molar-refractivity contribution in [3.63, 3.8) is 0 Å². The number of carboxylic acid groups (broad SMARTS) is 1. The molecule has 1 heterocycles. The number of aliphatic carboxylic acids is 1. The summed E-state index contributed by atoms with van der Waals surface area (Å²) in [5.74, 6) is -0.357. The Morgan fingerprint density at radius 3 is 2.14 bits per heavy atom. The summed E-state index contributed by atoms with van der Waals surface area (Å²) in [7, 11) is 0. The third-order valence-corrected chi connectivity index (χ3v) is 12.2. The van der Waals surface area contributed by atoms with Gasteiger partial charge >= 0.3 is 5.97 Å². The van der Waals surface area contributed by atoms with Crippen LogP contribution in [0.4, 0.5) is 0 Å². The lowest BCUT2D eigenvalue weighted by Gasteiger charge is -2.68. The first kappa shape index (κ1) is 28.1. The largest absolute Gasteiger partial charge is 0.481 e. The monoisotopic (exact) mass is 506 g/mol. The molecule has 1 aliphatic heterocycles. The van der Waals surface area contributed by atoms with Crippen LogP contribution in [0.5, 0.6) is 0 Å². The molecule has 0 aromatic carbocycles. The van der Waals surface area contributed by atoms with E-state index in [4.69, 9.17) is 4.74 Å². The Kier molecular flexibility index (Phi) is 6.85. The molecule has 4 fully saturated rings. The van der Waals surface area contributed by atoms with E-state index in [2.05, 4.69) is 34.3 Å². The Morgan fingerprint density at radius 1 is 1.00 bits per heavy atom.